The summed E-state index contributed by atoms with van der Waals surface area (Å²) in [5, 5.41) is 5.01. The summed E-state index contributed by atoms with van der Waals surface area (Å²) in [5.74, 6) is -0.976. The van der Waals surface area contributed by atoms with Gasteiger partial charge in [-0.05, 0) is 25.0 Å². The molecule has 0 spiro atoms. The summed E-state index contributed by atoms with van der Waals surface area (Å²) in [7, 11) is 0. The van der Waals surface area contributed by atoms with E-state index in [0.29, 0.717) is 47.9 Å². The Morgan fingerprint density at radius 1 is 1.28 bits per heavy atom. The van der Waals surface area contributed by atoms with Crippen LogP contribution in [0.3, 0.4) is 0 Å². The molecule has 0 bridgehead atoms. The summed E-state index contributed by atoms with van der Waals surface area (Å²) in [6.07, 6.45) is -1.22. The number of rotatable bonds is 5. The highest BCUT2D eigenvalue weighted by molar-refractivity contribution is 6.30. The third-order valence-electron chi connectivity index (χ3n) is 5.99. The van der Waals surface area contributed by atoms with Crippen molar-refractivity contribution < 1.29 is 18.4 Å². The van der Waals surface area contributed by atoms with Gasteiger partial charge in [-0.1, -0.05) is 30.2 Å². The molecule has 0 atom stereocenters. The normalized spacial score (nSPS) is 17.7. The van der Waals surface area contributed by atoms with Gasteiger partial charge < -0.3 is 10.6 Å². The molecule has 6 nitrogen and oxygen atoms in total. The Hall–Kier alpha value is -2.48. The zero-order valence-electron chi connectivity index (χ0n) is 15.7. The van der Waals surface area contributed by atoms with Gasteiger partial charge in [-0.15, -0.1) is 0 Å². The maximum absolute atomic E-state index is 13.4. The second-order valence-corrected chi connectivity index (χ2v) is 8.21. The van der Waals surface area contributed by atoms with E-state index in [0.717, 1.165) is 6.42 Å². The molecule has 2 amide bonds. The van der Waals surface area contributed by atoms with Crippen molar-refractivity contribution in [3.05, 3.63) is 40.5 Å². The van der Waals surface area contributed by atoms with Gasteiger partial charge in [0.25, 0.3) is 5.91 Å². The van der Waals surface area contributed by atoms with E-state index in [1.807, 2.05) is 0 Å². The molecule has 0 radical (unpaired) electrons. The third-order valence-corrected chi connectivity index (χ3v) is 6.23. The molecule has 1 aromatic carbocycles. The Morgan fingerprint density at radius 2 is 2.03 bits per heavy atom. The van der Waals surface area contributed by atoms with Gasteiger partial charge in [0, 0.05) is 29.0 Å². The second-order valence-electron chi connectivity index (χ2n) is 7.78. The van der Waals surface area contributed by atoms with Gasteiger partial charge in [-0.3, -0.25) is 14.3 Å². The summed E-state index contributed by atoms with van der Waals surface area (Å²) in [6.45, 7) is 0.827. The Kier molecular flexibility index (Phi) is 5.06. The van der Waals surface area contributed by atoms with Crippen LogP contribution in [0.5, 0.6) is 0 Å². The molecule has 9 heteroatoms. The van der Waals surface area contributed by atoms with Gasteiger partial charge in [0.1, 0.15) is 5.69 Å². The van der Waals surface area contributed by atoms with Crippen molar-refractivity contribution >= 4 is 23.4 Å². The van der Waals surface area contributed by atoms with E-state index in [9.17, 15) is 18.4 Å². The minimum absolute atomic E-state index is 0.115. The number of hydrogen-bond donors (Lipinski definition) is 1. The predicted molar refractivity (Wildman–Crippen MR) is 104 cm³/mol. The van der Waals surface area contributed by atoms with Crippen LogP contribution in [0.25, 0.3) is 11.3 Å². The van der Waals surface area contributed by atoms with Crippen molar-refractivity contribution in [3.63, 3.8) is 0 Å². The van der Waals surface area contributed by atoms with Gasteiger partial charge >= 0.3 is 0 Å². The van der Waals surface area contributed by atoms with Crippen LogP contribution in [0.2, 0.25) is 5.02 Å². The zero-order valence-corrected chi connectivity index (χ0v) is 16.5. The minimum atomic E-state index is -2.51. The molecule has 0 unspecified atom stereocenters. The van der Waals surface area contributed by atoms with E-state index in [1.165, 1.54) is 4.90 Å². The molecular formula is C20H21ClF2N4O2. The molecule has 1 aliphatic carbocycles. The van der Waals surface area contributed by atoms with Crippen LogP contribution in [0, 0.1) is 5.41 Å². The fourth-order valence-electron chi connectivity index (χ4n) is 4.14. The van der Waals surface area contributed by atoms with Gasteiger partial charge in [0.05, 0.1) is 24.3 Å². The van der Waals surface area contributed by atoms with Crippen molar-refractivity contribution in [2.24, 2.45) is 11.1 Å². The Balaban J connectivity index is 1.62. The highest BCUT2D eigenvalue weighted by Gasteiger charge is 2.47. The first-order valence-corrected chi connectivity index (χ1v) is 9.90. The number of halogens is 3. The average Bonchev–Trinajstić information content (AvgIpc) is 3.03. The van der Waals surface area contributed by atoms with Crippen LogP contribution >= 0.6 is 11.6 Å². The summed E-state index contributed by atoms with van der Waals surface area (Å²) < 4.78 is 28.5. The van der Waals surface area contributed by atoms with Crippen LogP contribution < -0.4 is 5.73 Å². The molecule has 2 aliphatic rings. The van der Waals surface area contributed by atoms with Crippen molar-refractivity contribution in [1.29, 1.82) is 0 Å². The van der Waals surface area contributed by atoms with E-state index in [1.54, 1.807) is 28.9 Å². The zero-order chi connectivity index (χ0) is 20.8. The predicted octanol–water partition coefficient (Wildman–Crippen LogP) is 3.47. The smallest absolute Gasteiger partial charge is 0.252 e. The Bertz CT molecular complexity index is 971. The highest BCUT2D eigenvalue weighted by Crippen LogP contribution is 2.49. The van der Waals surface area contributed by atoms with Gasteiger partial charge in [-0.25, -0.2) is 8.78 Å². The standard InChI is InChI=1S/C20H21ClF2N4O2/c21-13-4-1-3-12(9-13)17-16(18(24)29)14-11-26(7-8-27(14)25-17)15(28)10-20(19(22)23)5-2-6-20/h1,3-4,9,19H,2,5-8,10-11H2,(H2,24,29). The molecule has 1 fully saturated rings. The molecule has 2 aromatic rings. The molecule has 4 rings (SSSR count). The first-order valence-electron chi connectivity index (χ1n) is 9.52. The lowest BCUT2D eigenvalue weighted by Crippen LogP contribution is -2.45. The number of benzene rings is 1. The van der Waals surface area contributed by atoms with E-state index in [2.05, 4.69) is 5.10 Å². The maximum atomic E-state index is 13.4. The molecule has 1 aliphatic heterocycles. The van der Waals surface area contributed by atoms with Crippen LogP contribution in [0.4, 0.5) is 8.78 Å². The number of nitrogens with zero attached hydrogens (tertiary/aromatic N) is 3. The molecule has 2 N–H and O–H groups in total. The summed E-state index contributed by atoms with van der Waals surface area (Å²) in [4.78, 5) is 26.5. The fraction of sp³-hybridized carbons (Fsp3) is 0.450. The number of fused-ring (bicyclic) bond motifs is 1. The molecule has 2 heterocycles. The van der Waals surface area contributed by atoms with Gasteiger partial charge in [-0.2, -0.15) is 5.10 Å². The van der Waals surface area contributed by atoms with E-state index >= 15 is 0 Å². The summed E-state index contributed by atoms with van der Waals surface area (Å²) in [6, 6.07) is 6.93. The van der Waals surface area contributed by atoms with Gasteiger partial charge in [0.15, 0.2) is 0 Å². The largest absolute Gasteiger partial charge is 0.365 e. The lowest BCUT2D eigenvalue weighted by Gasteiger charge is -2.42. The number of carbonyl (C=O) groups excluding carboxylic acids is 2. The Morgan fingerprint density at radius 3 is 2.62 bits per heavy atom. The van der Waals surface area contributed by atoms with Gasteiger partial charge in [0.2, 0.25) is 12.3 Å². The monoisotopic (exact) mass is 422 g/mol. The summed E-state index contributed by atoms with van der Waals surface area (Å²) in [5.41, 5.74) is 6.24. The van der Waals surface area contributed by atoms with Crippen LogP contribution in [-0.2, 0) is 17.9 Å². The first kappa shape index (κ1) is 19.8. The number of alkyl halides is 2. The number of nitrogens with two attached hydrogens (primary N) is 1. The lowest BCUT2D eigenvalue weighted by molar-refractivity contribution is -0.143. The molecule has 29 heavy (non-hydrogen) atoms. The van der Waals surface area contributed by atoms with Crippen molar-refractivity contribution in [1.82, 2.24) is 14.7 Å². The third kappa shape index (κ3) is 3.50. The molecule has 1 saturated carbocycles. The van der Waals surface area contributed by atoms with Crippen LogP contribution in [0.15, 0.2) is 24.3 Å². The number of carbonyl (C=O) groups is 2. The van der Waals surface area contributed by atoms with Crippen LogP contribution in [-0.4, -0.2) is 39.5 Å². The van der Waals surface area contributed by atoms with Crippen molar-refractivity contribution in [3.8, 4) is 11.3 Å². The number of amides is 2. The Labute approximate surface area is 171 Å². The number of hydrogen-bond acceptors (Lipinski definition) is 3. The minimum Gasteiger partial charge on any atom is -0.365 e. The quantitative estimate of drug-likeness (QED) is 0.801. The van der Waals surface area contributed by atoms with E-state index in [4.69, 9.17) is 17.3 Å². The molecule has 154 valence electrons. The topological polar surface area (TPSA) is 81.2 Å². The SMILES string of the molecule is NC(=O)c1c(-c2cccc(Cl)c2)nn2c1CN(C(=O)CC1(C(F)F)CCC1)CC2. The average molecular weight is 423 g/mol. The van der Waals surface area contributed by atoms with Crippen molar-refractivity contribution in [2.45, 2.75) is 45.2 Å². The van der Waals surface area contributed by atoms with E-state index in [-0.39, 0.29) is 24.4 Å². The molecular weight excluding hydrogens is 402 g/mol. The first-order chi connectivity index (χ1) is 13.8. The number of aromatic nitrogens is 2. The van der Waals surface area contributed by atoms with Crippen molar-refractivity contribution in [2.75, 3.05) is 6.54 Å². The molecule has 1 aromatic heterocycles. The van der Waals surface area contributed by atoms with Crippen LogP contribution in [0.1, 0.15) is 41.7 Å². The number of primary amides is 1. The molecule has 0 saturated heterocycles. The maximum Gasteiger partial charge on any atom is 0.252 e. The fourth-order valence-corrected chi connectivity index (χ4v) is 4.33. The second kappa shape index (κ2) is 7.40. The highest BCUT2D eigenvalue weighted by atomic mass is 35.5. The summed E-state index contributed by atoms with van der Waals surface area (Å²) >= 11 is 6.06. The van der Waals surface area contributed by atoms with E-state index < -0.39 is 17.7 Å². The lowest BCUT2D eigenvalue weighted by atomic mass is 9.66.